The lowest BCUT2D eigenvalue weighted by atomic mass is 10.4. The SMILES string of the molecule is CCNc1cc(Sc2cc(Cl)ccc2Cl)nc(SC)n1. The zero-order chi connectivity index (χ0) is 14.5. The molecule has 0 unspecified atom stereocenters. The highest BCUT2D eigenvalue weighted by Crippen LogP contribution is 2.35. The second-order valence-electron chi connectivity index (χ2n) is 3.79. The summed E-state index contributed by atoms with van der Waals surface area (Å²) in [5.74, 6) is 0.813. The molecule has 1 aromatic carbocycles. The smallest absolute Gasteiger partial charge is 0.190 e. The Morgan fingerprint density at radius 2 is 2.00 bits per heavy atom. The molecule has 0 fully saturated rings. The summed E-state index contributed by atoms with van der Waals surface area (Å²) in [6, 6.07) is 7.30. The van der Waals surface area contributed by atoms with Crippen LogP contribution in [0.2, 0.25) is 10.0 Å². The van der Waals surface area contributed by atoms with Crippen molar-refractivity contribution in [2.45, 2.75) is 22.0 Å². The molecule has 1 aromatic heterocycles. The molecule has 0 atom stereocenters. The molecular formula is C13H13Cl2N3S2. The molecule has 2 aromatic rings. The maximum absolute atomic E-state index is 6.18. The summed E-state index contributed by atoms with van der Waals surface area (Å²) in [5, 5.41) is 6.08. The molecule has 2 rings (SSSR count). The molecule has 0 spiro atoms. The maximum atomic E-state index is 6.18. The van der Waals surface area contributed by atoms with Crippen molar-refractivity contribution >= 4 is 52.5 Å². The number of anilines is 1. The molecule has 0 radical (unpaired) electrons. The predicted molar refractivity (Wildman–Crippen MR) is 88.6 cm³/mol. The molecule has 0 saturated carbocycles. The van der Waals surface area contributed by atoms with Gasteiger partial charge in [-0.05, 0) is 31.4 Å². The summed E-state index contributed by atoms with van der Waals surface area (Å²) in [6.45, 7) is 2.84. The van der Waals surface area contributed by atoms with Gasteiger partial charge in [0.05, 0.1) is 5.02 Å². The second kappa shape index (κ2) is 7.41. The van der Waals surface area contributed by atoms with E-state index in [1.54, 1.807) is 12.1 Å². The van der Waals surface area contributed by atoms with Gasteiger partial charge < -0.3 is 5.32 Å². The number of halogens is 2. The molecule has 1 heterocycles. The van der Waals surface area contributed by atoms with E-state index >= 15 is 0 Å². The fraction of sp³-hybridized carbons (Fsp3) is 0.231. The van der Waals surface area contributed by atoms with E-state index in [2.05, 4.69) is 15.3 Å². The Hall–Kier alpha value is -0.620. The zero-order valence-electron chi connectivity index (χ0n) is 11.0. The van der Waals surface area contributed by atoms with Gasteiger partial charge in [0.2, 0.25) is 0 Å². The van der Waals surface area contributed by atoms with Crippen LogP contribution in [-0.4, -0.2) is 22.8 Å². The fourth-order valence-electron chi connectivity index (χ4n) is 1.49. The highest BCUT2D eigenvalue weighted by Gasteiger charge is 2.08. The highest BCUT2D eigenvalue weighted by atomic mass is 35.5. The summed E-state index contributed by atoms with van der Waals surface area (Å²) in [7, 11) is 0. The van der Waals surface area contributed by atoms with Gasteiger partial charge in [-0.3, -0.25) is 0 Å². The topological polar surface area (TPSA) is 37.8 Å². The first-order valence-electron chi connectivity index (χ1n) is 5.92. The van der Waals surface area contributed by atoms with Crippen LogP contribution in [0.4, 0.5) is 5.82 Å². The van der Waals surface area contributed by atoms with E-state index in [9.17, 15) is 0 Å². The van der Waals surface area contributed by atoms with Gasteiger partial charge in [-0.1, -0.05) is 46.7 Å². The van der Waals surface area contributed by atoms with Crippen LogP contribution < -0.4 is 5.32 Å². The molecule has 7 heteroatoms. The number of aromatic nitrogens is 2. The summed E-state index contributed by atoms with van der Waals surface area (Å²) in [4.78, 5) is 9.75. The molecule has 0 amide bonds. The number of hydrogen-bond donors (Lipinski definition) is 1. The first-order valence-corrected chi connectivity index (χ1v) is 8.72. The Morgan fingerprint density at radius 1 is 1.20 bits per heavy atom. The minimum absolute atomic E-state index is 0.656. The van der Waals surface area contributed by atoms with Crippen LogP contribution in [0.25, 0.3) is 0 Å². The molecule has 0 saturated heterocycles. The Bertz CT molecular complexity index is 608. The molecule has 3 nitrogen and oxygen atoms in total. The third kappa shape index (κ3) is 4.19. The Morgan fingerprint density at radius 3 is 2.70 bits per heavy atom. The predicted octanol–water partition coefficient (Wildman–Crippen LogP) is 5.09. The molecule has 1 N–H and O–H groups in total. The van der Waals surface area contributed by atoms with Crippen LogP contribution in [-0.2, 0) is 0 Å². The minimum atomic E-state index is 0.656. The molecular weight excluding hydrogens is 333 g/mol. The van der Waals surface area contributed by atoms with Gasteiger partial charge in [0.25, 0.3) is 0 Å². The molecule has 0 bridgehead atoms. The molecule has 0 aliphatic heterocycles. The van der Waals surface area contributed by atoms with E-state index in [-0.39, 0.29) is 0 Å². The molecule has 0 aliphatic rings. The van der Waals surface area contributed by atoms with Gasteiger partial charge in [0.15, 0.2) is 5.16 Å². The third-order valence-corrected chi connectivity index (χ3v) is 4.53. The van der Waals surface area contributed by atoms with Crippen LogP contribution in [0, 0.1) is 0 Å². The summed E-state index contributed by atoms with van der Waals surface area (Å²) < 4.78 is 0. The normalized spacial score (nSPS) is 10.6. The van der Waals surface area contributed by atoms with Crippen molar-refractivity contribution in [2.24, 2.45) is 0 Å². The van der Waals surface area contributed by atoms with E-state index in [4.69, 9.17) is 23.2 Å². The minimum Gasteiger partial charge on any atom is -0.370 e. The summed E-state index contributed by atoms with van der Waals surface area (Å²) in [6.07, 6.45) is 1.95. The van der Waals surface area contributed by atoms with Gasteiger partial charge in [-0.2, -0.15) is 0 Å². The number of rotatable bonds is 5. The van der Waals surface area contributed by atoms with Crippen LogP contribution in [0.1, 0.15) is 6.92 Å². The van der Waals surface area contributed by atoms with Crippen LogP contribution in [0.15, 0.2) is 39.3 Å². The first-order chi connectivity index (χ1) is 9.62. The largest absolute Gasteiger partial charge is 0.370 e. The second-order valence-corrected chi connectivity index (χ2v) is 6.46. The summed E-state index contributed by atoms with van der Waals surface area (Å²) >= 11 is 15.2. The highest BCUT2D eigenvalue weighted by molar-refractivity contribution is 7.99. The average molecular weight is 346 g/mol. The van der Waals surface area contributed by atoms with Crippen LogP contribution in [0.5, 0.6) is 0 Å². The number of hydrogen-bond acceptors (Lipinski definition) is 5. The van der Waals surface area contributed by atoms with Crippen molar-refractivity contribution < 1.29 is 0 Å². The van der Waals surface area contributed by atoms with Crippen molar-refractivity contribution in [1.29, 1.82) is 0 Å². The standard InChI is InChI=1S/C13H13Cl2N3S2/c1-3-16-11-7-12(18-13(17-11)19-2)20-10-6-8(14)4-5-9(10)15/h4-7H,3H2,1-2H3,(H,16,17,18). The van der Waals surface area contributed by atoms with Gasteiger partial charge in [0.1, 0.15) is 10.8 Å². The quantitative estimate of drug-likeness (QED) is 0.464. The lowest BCUT2D eigenvalue weighted by molar-refractivity contribution is 0.891. The molecule has 106 valence electrons. The van der Waals surface area contributed by atoms with Gasteiger partial charge in [-0.25, -0.2) is 9.97 Å². The van der Waals surface area contributed by atoms with E-state index in [0.717, 1.165) is 27.4 Å². The number of thioether (sulfide) groups is 1. The van der Waals surface area contributed by atoms with Crippen molar-refractivity contribution in [2.75, 3.05) is 18.1 Å². The van der Waals surface area contributed by atoms with E-state index in [1.807, 2.05) is 25.3 Å². The van der Waals surface area contributed by atoms with Gasteiger partial charge in [-0.15, -0.1) is 0 Å². The Labute approximate surface area is 136 Å². The van der Waals surface area contributed by atoms with Crippen molar-refractivity contribution in [1.82, 2.24) is 9.97 Å². The lowest BCUT2D eigenvalue weighted by Gasteiger charge is -2.08. The number of nitrogens with zero attached hydrogens (tertiary/aromatic N) is 2. The fourth-order valence-corrected chi connectivity index (χ4v) is 3.27. The van der Waals surface area contributed by atoms with E-state index in [0.29, 0.717) is 10.0 Å². The average Bonchev–Trinajstić information content (AvgIpc) is 2.43. The van der Waals surface area contributed by atoms with Gasteiger partial charge >= 0.3 is 0 Å². The van der Waals surface area contributed by atoms with Crippen LogP contribution in [0.3, 0.4) is 0 Å². The number of benzene rings is 1. The van der Waals surface area contributed by atoms with Crippen molar-refractivity contribution in [3.05, 3.63) is 34.3 Å². The monoisotopic (exact) mass is 345 g/mol. The molecule has 0 aliphatic carbocycles. The van der Waals surface area contributed by atoms with Crippen molar-refractivity contribution in [3.63, 3.8) is 0 Å². The summed E-state index contributed by atoms with van der Waals surface area (Å²) in [5.41, 5.74) is 0. The van der Waals surface area contributed by atoms with Crippen LogP contribution >= 0.6 is 46.7 Å². The number of nitrogens with one attached hydrogen (secondary N) is 1. The Balaban J connectivity index is 2.32. The van der Waals surface area contributed by atoms with E-state index in [1.165, 1.54) is 23.5 Å². The molecule has 20 heavy (non-hydrogen) atoms. The van der Waals surface area contributed by atoms with Crippen molar-refractivity contribution in [3.8, 4) is 0 Å². The first kappa shape index (κ1) is 15.8. The van der Waals surface area contributed by atoms with E-state index < -0.39 is 0 Å². The zero-order valence-corrected chi connectivity index (χ0v) is 14.1. The maximum Gasteiger partial charge on any atom is 0.190 e. The third-order valence-electron chi connectivity index (χ3n) is 2.33. The van der Waals surface area contributed by atoms with Gasteiger partial charge in [0, 0.05) is 22.5 Å². The Kier molecular flexibility index (Phi) is 5.84. The lowest BCUT2D eigenvalue weighted by Crippen LogP contribution is -2.01.